The maximum absolute atomic E-state index is 7.53. The number of hydrogen-bond acceptors (Lipinski definition) is 0. The van der Waals surface area contributed by atoms with Crippen LogP contribution in [0.4, 0.5) is 0 Å². The van der Waals surface area contributed by atoms with E-state index >= 15 is 0 Å². The lowest BCUT2D eigenvalue weighted by atomic mass is 9.93. The third kappa shape index (κ3) is 1.78. The summed E-state index contributed by atoms with van der Waals surface area (Å²) in [6.07, 6.45) is 4.04. The van der Waals surface area contributed by atoms with Crippen molar-refractivity contribution >= 4 is 5.57 Å². The maximum Gasteiger partial charge on any atom is 0.0274 e. The summed E-state index contributed by atoms with van der Waals surface area (Å²) in [6, 6.07) is 14.6. The van der Waals surface area contributed by atoms with E-state index in [9.17, 15) is 0 Å². The molecule has 0 N–H and O–H groups in total. The van der Waals surface area contributed by atoms with Crippen molar-refractivity contribution in [3.05, 3.63) is 83.3 Å². The second kappa shape index (κ2) is 4.45. The van der Waals surface area contributed by atoms with Crippen molar-refractivity contribution in [1.29, 1.82) is 0 Å². The summed E-state index contributed by atoms with van der Waals surface area (Å²) in [4.78, 5) is 0. The Balaban J connectivity index is 2.24. The largest absolute Gasteiger partial charge is 0.0792 e. The minimum absolute atomic E-state index is 0.299. The minimum Gasteiger partial charge on any atom is -0.0792 e. The molecule has 0 heterocycles. The van der Waals surface area contributed by atoms with Crippen molar-refractivity contribution in [1.82, 2.24) is 0 Å². The smallest absolute Gasteiger partial charge is 0.0274 e. The Kier molecular flexibility index (Phi) is 2.51. The predicted octanol–water partition coefficient (Wildman–Crippen LogP) is 4.30. The fourth-order valence-electron chi connectivity index (χ4n) is 2.72. The Hall–Kier alpha value is -1.82. The number of allylic oxidation sites excluding steroid dienone is 1. The molecule has 1 aliphatic rings. The van der Waals surface area contributed by atoms with Gasteiger partial charge in [0.25, 0.3) is 0 Å². The highest BCUT2D eigenvalue weighted by Gasteiger charge is 2.16. The van der Waals surface area contributed by atoms with Crippen molar-refractivity contribution in [3.63, 3.8) is 0 Å². The molecule has 0 fully saturated rings. The molecule has 0 amide bonds. The molecule has 0 nitrogen and oxygen atoms in total. The zero-order chi connectivity index (χ0) is 13.2. The quantitative estimate of drug-likeness (QED) is 0.636. The summed E-state index contributed by atoms with van der Waals surface area (Å²) in [5, 5.41) is 0. The lowest BCUT2D eigenvalue weighted by molar-refractivity contribution is 0.964. The second-order valence-electron chi connectivity index (χ2n) is 4.69. The molecule has 2 aromatic carbocycles. The molecule has 2 radical (unpaired) electrons. The summed E-state index contributed by atoms with van der Waals surface area (Å²) >= 11 is 0. The van der Waals surface area contributed by atoms with Gasteiger partial charge < -0.3 is 0 Å². The summed E-state index contributed by atoms with van der Waals surface area (Å²) < 4.78 is 7.53. The number of benzene rings is 2. The van der Waals surface area contributed by atoms with Crippen molar-refractivity contribution in [2.75, 3.05) is 0 Å². The van der Waals surface area contributed by atoms with Gasteiger partial charge in [0.05, 0.1) is 0 Å². The van der Waals surface area contributed by atoms with E-state index in [4.69, 9.17) is 8.29 Å². The molecule has 0 heteroatoms. The molecule has 0 saturated heterocycles. The molecular weight excluding hydrogens is 216 g/mol. The van der Waals surface area contributed by atoms with E-state index in [1.165, 1.54) is 27.8 Å². The zero-order valence-electron chi connectivity index (χ0n) is 11.3. The molecule has 0 atom stereocenters. The van der Waals surface area contributed by atoms with E-state index in [0.717, 1.165) is 18.4 Å². The minimum atomic E-state index is 0.299. The van der Waals surface area contributed by atoms with Gasteiger partial charge in [-0.1, -0.05) is 48.5 Å². The van der Waals surface area contributed by atoms with Gasteiger partial charge in [0.15, 0.2) is 0 Å². The van der Waals surface area contributed by atoms with Crippen molar-refractivity contribution in [2.24, 2.45) is 0 Å². The van der Waals surface area contributed by atoms with Gasteiger partial charge in [0, 0.05) is 1.37 Å². The molecule has 0 aliphatic heterocycles. The summed E-state index contributed by atoms with van der Waals surface area (Å²) in [7, 11) is 0. The third-order valence-electron chi connectivity index (χ3n) is 3.59. The maximum atomic E-state index is 7.53. The molecule has 0 saturated carbocycles. The first-order valence-electron chi connectivity index (χ1n) is 6.97. The van der Waals surface area contributed by atoms with Gasteiger partial charge in [0.2, 0.25) is 0 Å². The second-order valence-corrected chi connectivity index (χ2v) is 4.69. The molecule has 3 rings (SSSR count). The first-order chi connectivity index (χ1) is 9.29. The van der Waals surface area contributed by atoms with E-state index in [0.29, 0.717) is 6.90 Å². The molecule has 0 bridgehead atoms. The van der Waals surface area contributed by atoms with E-state index in [-0.39, 0.29) is 0 Å². The van der Waals surface area contributed by atoms with Crippen molar-refractivity contribution < 1.29 is 1.37 Å². The molecule has 88 valence electrons. The van der Waals surface area contributed by atoms with Crippen LogP contribution in [0.3, 0.4) is 0 Å². The molecular formula is C18H16. The number of rotatable bonds is 0. The molecule has 0 unspecified atom stereocenters. The highest BCUT2D eigenvalue weighted by Crippen LogP contribution is 2.33. The molecule has 1 aliphatic carbocycles. The molecule has 0 spiro atoms. The van der Waals surface area contributed by atoms with Gasteiger partial charge in [-0.05, 0) is 60.1 Å². The third-order valence-corrected chi connectivity index (χ3v) is 3.59. The van der Waals surface area contributed by atoms with Crippen LogP contribution in [-0.2, 0) is 12.8 Å². The summed E-state index contributed by atoms with van der Waals surface area (Å²) in [6.45, 7) is 6.20. The average Bonchev–Trinajstić information content (AvgIpc) is 2.57. The number of hydrogen-bond donors (Lipinski definition) is 0. The van der Waals surface area contributed by atoms with E-state index in [1.807, 2.05) is 12.1 Å². The topological polar surface area (TPSA) is 0 Å². The van der Waals surface area contributed by atoms with Crippen molar-refractivity contribution in [2.45, 2.75) is 19.7 Å². The normalized spacial score (nSPS) is 16.7. The van der Waals surface area contributed by atoms with Crippen LogP contribution in [-0.4, -0.2) is 0 Å². The Morgan fingerprint density at radius 1 is 1.06 bits per heavy atom. The van der Waals surface area contributed by atoms with Crippen LogP contribution in [0.2, 0.25) is 0 Å². The molecule has 2 aromatic rings. The monoisotopic (exact) mass is 233 g/mol. The highest BCUT2D eigenvalue weighted by molar-refractivity contribution is 5.83. The van der Waals surface area contributed by atoms with Gasteiger partial charge in [-0.3, -0.25) is 0 Å². The predicted molar refractivity (Wildman–Crippen MR) is 76.4 cm³/mol. The highest BCUT2D eigenvalue weighted by atomic mass is 14.2. The lowest BCUT2D eigenvalue weighted by Gasteiger charge is -2.11. The van der Waals surface area contributed by atoms with Gasteiger partial charge in [-0.2, -0.15) is 0 Å². The lowest BCUT2D eigenvalue weighted by Crippen LogP contribution is -1.92. The van der Waals surface area contributed by atoms with Gasteiger partial charge in [-0.15, -0.1) is 0 Å². The van der Waals surface area contributed by atoms with Crippen LogP contribution in [0.5, 0.6) is 0 Å². The van der Waals surface area contributed by atoms with E-state index < -0.39 is 0 Å². The SMILES string of the molecule is [2H]C/C=C1\c2ccccc2CCc2cc([CH])ccc21. The van der Waals surface area contributed by atoms with Crippen LogP contribution < -0.4 is 0 Å². The Morgan fingerprint density at radius 3 is 2.72 bits per heavy atom. The molecule has 18 heavy (non-hydrogen) atoms. The van der Waals surface area contributed by atoms with E-state index in [2.05, 4.69) is 36.4 Å². The first kappa shape index (κ1) is 10.1. The van der Waals surface area contributed by atoms with Gasteiger partial charge in [-0.25, -0.2) is 0 Å². The number of aryl methyl sites for hydroxylation is 2. The fourth-order valence-corrected chi connectivity index (χ4v) is 2.72. The van der Waals surface area contributed by atoms with Crippen LogP contribution in [0.25, 0.3) is 5.57 Å². The van der Waals surface area contributed by atoms with Crippen LogP contribution in [0, 0.1) is 6.92 Å². The van der Waals surface area contributed by atoms with E-state index in [1.54, 1.807) is 0 Å². The Bertz CT molecular complexity index is 638. The van der Waals surface area contributed by atoms with Crippen LogP contribution >= 0.6 is 0 Å². The first-order valence-corrected chi connectivity index (χ1v) is 6.26. The summed E-state index contributed by atoms with van der Waals surface area (Å²) in [5.41, 5.74) is 7.13. The van der Waals surface area contributed by atoms with Crippen molar-refractivity contribution in [3.8, 4) is 0 Å². The zero-order valence-corrected chi connectivity index (χ0v) is 10.3. The van der Waals surface area contributed by atoms with Crippen LogP contribution in [0.1, 0.15) is 36.1 Å². The Labute approximate surface area is 110 Å². The summed E-state index contributed by atoms with van der Waals surface area (Å²) in [5.74, 6) is 0. The van der Waals surface area contributed by atoms with Gasteiger partial charge in [0.1, 0.15) is 0 Å². The standard InChI is InChI=1S/C18H16/c1-3-16-17-7-5-4-6-14(17)9-10-15-12-13(2)8-11-18(15)16/h2-8,11-12H,9-10H2,1H3/b16-3+/i1D. The fraction of sp³-hybridized carbons (Fsp3) is 0.167. The number of fused-ring (bicyclic) bond motifs is 2. The Morgan fingerprint density at radius 2 is 1.83 bits per heavy atom. The molecule has 0 aromatic heterocycles. The van der Waals surface area contributed by atoms with Gasteiger partial charge >= 0.3 is 0 Å². The average molecular weight is 233 g/mol. The van der Waals surface area contributed by atoms with Crippen LogP contribution in [0.15, 0.2) is 48.5 Å².